The Hall–Kier alpha value is -3.13. The summed E-state index contributed by atoms with van der Waals surface area (Å²) >= 11 is 1.06. The molecule has 0 radical (unpaired) electrons. The van der Waals surface area contributed by atoms with Gasteiger partial charge in [0.25, 0.3) is 0 Å². The van der Waals surface area contributed by atoms with Crippen LogP contribution in [0.15, 0.2) is 64.8 Å². The number of amides is 1. The van der Waals surface area contributed by atoms with Crippen molar-refractivity contribution in [1.82, 2.24) is 5.32 Å². The molecule has 1 aliphatic heterocycles. The van der Waals surface area contributed by atoms with E-state index in [1.807, 2.05) is 54.6 Å². The van der Waals surface area contributed by atoms with Crippen LogP contribution in [0.5, 0.6) is 11.5 Å². The molecule has 7 nitrogen and oxygen atoms in total. The van der Waals surface area contributed by atoms with Crippen LogP contribution in [-0.4, -0.2) is 33.6 Å². The number of thioether (sulfide) groups is 1. The predicted molar refractivity (Wildman–Crippen MR) is 99.8 cm³/mol. The number of rotatable bonds is 6. The lowest BCUT2D eigenvalue weighted by atomic mass is 10.2. The van der Waals surface area contributed by atoms with Gasteiger partial charge in [-0.2, -0.15) is 5.10 Å². The third kappa shape index (κ3) is 4.93. The minimum absolute atomic E-state index is 0.252. The molecule has 0 aromatic heterocycles. The van der Waals surface area contributed by atoms with Gasteiger partial charge in [-0.15, -0.1) is 5.10 Å². The number of nitrogens with zero attached hydrogens (tertiary/aromatic N) is 2. The molecule has 2 aromatic carbocycles. The fourth-order valence-corrected chi connectivity index (χ4v) is 3.09. The van der Waals surface area contributed by atoms with E-state index in [1.54, 1.807) is 0 Å². The van der Waals surface area contributed by atoms with Crippen molar-refractivity contribution in [2.75, 3.05) is 0 Å². The number of ether oxygens (including phenoxy) is 1. The number of carboxylic acids is 1. The Bertz CT molecular complexity index is 868. The Morgan fingerprint density at radius 2 is 1.96 bits per heavy atom. The summed E-state index contributed by atoms with van der Waals surface area (Å²) in [4.78, 5) is 22.3. The lowest BCUT2D eigenvalue weighted by molar-refractivity contribution is -0.138. The van der Waals surface area contributed by atoms with E-state index in [-0.39, 0.29) is 17.5 Å². The molecule has 1 heterocycles. The zero-order valence-corrected chi connectivity index (χ0v) is 14.3. The van der Waals surface area contributed by atoms with Crippen LogP contribution in [0.2, 0.25) is 0 Å². The number of amidine groups is 1. The molecule has 0 aliphatic carbocycles. The van der Waals surface area contributed by atoms with Crippen molar-refractivity contribution in [1.29, 1.82) is 0 Å². The fourth-order valence-electron chi connectivity index (χ4n) is 2.18. The largest absolute Gasteiger partial charge is 0.481 e. The van der Waals surface area contributed by atoms with E-state index in [1.165, 1.54) is 6.21 Å². The highest BCUT2D eigenvalue weighted by atomic mass is 32.2. The lowest BCUT2D eigenvalue weighted by Gasteiger charge is -2.05. The second kappa shape index (κ2) is 8.30. The monoisotopic (exact) mass is 369 g/mol. The van der Waals surface area contributed by atoms with Gasteiger partial charge in [0.15, 0.2) is 5.17 Å². The number of hydrogen-bond donors (Lipinski definition) is 2. The number of carboxylic acid groups (broad SMARTS) is 1. The van der Waals surface area contributed by atoms with E-state index in [0.717, 1.165) is 23.1 Å². The van der Waals surface area contributed by atoms with Crippen LogP contribution in [-0.2, 0) is 9.59 Å². The summed E-state index contributed by atoms with van der Waals surface area (Å²) in [7, 11) is 0. The average Bonchev–Trinajstić information content (AvgIpc) is 2.95. The molecule has 132 valence electrons. The van der Waals surface area contributed by atoms with Crippen LogP contribution in [0.1, 0.15) is 12.0 Å². The Balaban J connectivity index is 1.63. The topological polar surface area (TPSA) is 100 Å². The molecular weight excluding hydrogens is 354 g/mol. The van der Waals surface area contributed by atoms with Crippen molar-refractivity contribution >= 4 is 35.0 Å². The van der Waals surface area contributed by atoms with Gasteiger partial charge in [0.2, 0.25) is 5.91 Å². The van der Waals surface area contributed by atoms with E-state index in [2.05, 4.69) is 15.5 Å². The first-order valence-corrected chi connectivity index (χ1v) is 8.61. The Morgan fingerprint density at radius 3 is 2.73 bits per heavy atom. The van der Waals surface area contributed by atoms with Gasteiger partial charge in [-0.1, -0.05) is 42.1 Å². The van der Waals surface area contributed by atoms with Crippen LogP contribution < -0.4 is 10.1 Å². The normalized spacial score (nSPS) is 18.2. The van der Waals surface area contributed by atoms with Crippen molar-refractivity contribution in [2.24, 2.45) is 10.2 Å². The van der Waals surface area contributed by atoms with Gasteiger partial charge in [0.05, 0.1) is 12.6 Å². The maximum absolute atomic E-state index is 11.6. The lowest BCUT2D eigenvalue weighted by Crippen LogP contribution is -2.26. The molecule has 0 bridgehead atoms. The van der Waals surface area contributed by atoms with Gasteiger partial charge >= 0.3 is 5.97 Å². The summed E-state index contributed by atoms with van der Waals surface area (Å²) < 4.78 is 5.75. The molecule has 0 unspecified atom stereocenters. The summed E-state index contributed by atoms with van der Waals surface area (Å²) in [6.07, 6.45) is 1.28. The van der Waals surface area contributed by atoms with Crippen molar-refractivity contribution < 1.29 is 19.4 Å². The highest BCUT2D eigenvalue weighted by Crippen LogP contribution is 2.23. The van der Waals surface area contributed by atoms with Crippen molar-refractivity contribution in [2.45, 2.75) is 11.7 Å². The van der Waals surface area contributed by atoms with Crippen LogP contribution >= 0.6 is 11.8 Å². The molecule has 1 fully saturated rings. The highest BCUT2D eigenvalue weighted by Gasteiger charge is 2.32. The Kier molecular flexibility index (Phi) is 5.65. The Labute approximate surface area is 153 Å². The van der Waals surface area contributed by atoms with Crippen molar-refractivity contribution in [3.05, 3.63) is 60.2 Å². The van der Waals surface area contributed by atoms with E-state index < -0.39 is 11.2 Å². The van der Waals surface area contributed by atoms with Gasteiger partial charge < -0.3 is 15.2 Å². The Morgan fingerprint density at radius 1 is 1.19 bits per heavy atom. The second-order valence-electron chi connectivity index (χ2n) is 5.33. The number of carbonyl (C=O) groups is 2. The third-order valence-electron chi connectivity index (χ3n) is 3.33. The minimum atomic E-state index is -1.03. The van der Waals surface area contributed by atoms with E-state index in [9.17, 15) is 9.59 Å². The summed E-state index contributed by atoms with van der Waals surface area (Å²) in [5.41, 5.74) is 0.777. The number of benzene rings is 2. The van der Waals surface area contributed by atoms with E-state index in [4.69, 9.17) is 9.84 Å². The van der Waals surface area contributed by atoms with Gasteiger partial charge in [-0.05, 0) is 29.8 Å². The standard InChI is InChI=1S/C18H15N3O4S/c22-16(23)10-15-17(24)20-18(26-15)21-19-11-12-5-4-8-14(9-12)25-13-6-2-1-3-7-13/h1-9,11,15H,10H2,(H,22,23)(H,20,21,24)/b19-11-/t15-/m1/s1. The number of aliphatic carboxylic acids is 1. The second-order valence-corrected chi connectivity index (χ2v) is 6.52. The van der Waals surface area contributed by atoms with E-state index in [0.29, 0.717) is 5.75 Å². The number of hydrogen-bond acceptors (Lipinski definition) is 6. The molecule has 2 aromatic rings. The maximum Gasteiger partial charge on any atom is 0.305 e. The van der Waals surface area contributed by atoms with Gasteiger partial charge in [-0.3, -0.25) is 9.59 Å². The van der Waals surface area contributed by atoms with Crippen molar-refractivity contribution in [3.8, 4) is 11.5 Å². The molecule has 2 N–H and O–H groups in total. The van der Waals surface area contributed by atoms with Crippen LogP contribution in [0, 0.1) is 0 Å². The first-order valence-electron chi connectivity index (χ1n) is 7.73. The highest BCUT2D eigenvalue weighted by molar-refractivity contribution is 8.15. The smallest absolute Gasteiger partial charge is 0.305 e. The summed E-state index contributed by atoms with van der Waals surface area (Å²) in [6.45, 7) is 0. The summed E-state index contributed by atoms with van der Waals surface area (Å²) in [5.74, 6) is -0.00326. The molecule has 1 atom stereocenters. The minimum Gasteiger partial charge on any atom is -0.481 e. The van der Waals surface area contributed by atoms with Crippen LogP contribution in [0.4, 0.5) is 0 Å². The van der Waals surface area contributed by atoms with Crippen molar-refractivity contribution in [3.63, 3.8) is 0 Å². The molecule has 1 saturated heterocycles. The van der Waals surface area contributed by atoms with Crippen LogP contribution in [0.25, 0.3) is 0 Å². The van der Waals surface area contributed by atoms with Gasteiger partial charge in [0.1, 0.15) is 16.7 Å². The average molecular weight is 369 g/mol. The molecule has 0 spiro atoms. The molecule has 26 heavy (non-hydrogen) atoms. The van der Waals surface area contributed by atoms with E-state index >= 15 is 0 Å². The predicted octanol–water partition coefficient (Wildman–Crippen LogP) is 2.88. The number of carbonyl (C=O) groups excluding carboxylic acids is 1. The molecule has 1 amide bonds. The first-order chi connectivity index (χ1) is 12.6. The van der Waals surface area contributed by atoms with Gasteiger partial charge in [0, 0.05) is 0 Å². The molecule has 0 saturated carbocycles. The first kappa shape index (κ1) is 17.7. The fraction of sp³-hybridized carbons (Fsp3) is 0.111. The quantitative estimate of drug-likeness (QED) is 0.602. The van der Waals surface area contributed by atoms with Crippen LogP contribution in [0.3, 0.4) is 0 Å². The zero-order chi connectivity index (χ0) is 18.4. The third-order valence-corrected chi connectivity index (χ3v) is 4.40. The molecular formula is C18H15N3O4S. The molecule has 3 rings (SSSR count). The summed E-state index contributed by atoms with van der Waals surface area (Å²) in [6, 6.07) is 16.7. The number of nitrogens with one attached hydrogen (secondary N) is 1. The number of para-hydroxylation sites is 1. The van der Waals surface area contributed by atoms with Gasteiger partial charge in [-0.25, -0.2) is 0 Å². The molecule has 1 aliphatic rings. The summed E-state index contributed by atoms with van der Waals surface area (Å²) in [5, 5.41) is 18.7. The SMILES string of the molecule is O=C(O)C[C@H]1S/C(=N\N=C/c2cccc(Oc3ccccc3)c2)NC1=O. The molecule has 8 heteroatoms. The zero-order valence-electron chi connectivity index (χ0n) is 13.5. The maximum atomic E-state index is 11.6.